The molecular weight excluding hydrogens is 307 g/mol. The Balaban J connectivity index is 1.75. The largest absolute Gasteiger partial charge is 0.318 e. The smallest absolute Gasteiger partial charge is 0.316 e. The Labute approximate surface area is 131 Å². The molecule has 0 radical (unpaired) electrons. The lowest BCUT2D eigenvalue weighted by atomic mass is 10.2. The van der Waals surface area contributed by atoms with Crippen molar-refractivity contribution in [1.82, 2.24) is 0 Å². The normalized spacial score (nSPS) is 12.9. The molecule has 3 rings (SSSR count). The zero-order valence-electron chi connectivity index (χ0n) is 11.5. The number of nitrogens with zero attached hydrogens (tertiary/aromatic N) is 1. The molecule has 0 aromatic heterocycles. The Morgan fingerprint density at radius 3 is 2.73 bits per heavy atom. The fraction of sp³-hybridized carbons (Fsp3) is 0.125. The SMILES string of the molecule is O=C(Nc1ccc(F)c(Cl)c1)C(=O)N1CCc2ccccc21. The van der Waals surface area contributed by atoms with Crippen LogP contribution in [0.5, 0.6) is 0 Å². The van der Waals surface area contributed by atoms with Crippen LogP contribution >= 0.6 is 11.6 Å². The molecule has 2 aromatic carbocycles. The van der Waals surface area contributed by atoms with Gasteiger partial charge in [-0.25, -0.2) is 4.39 Å². The van der Waals surface area contributed by atoms with Gasteiger partial charge in [-0.05, 0) is 36.2 Å². The van der Waals surface area contributed by atoms with Crippen molar-refractivity contribution in [3.05, 3.63) is 58.9 Å². The number of rotatable bonds is 1. The highest BCUT2D eigenvalue weighted by atomic mass is 35.5. The first-order valence-electron chi connectivity index (χ1n) is 6.72. The maximum atomic E-state index is 13.1. The number of hydrogen-bond acceptors (Lipinski definition) is 2. The van der Waals surface area contributed by atoms with Gasteiger partial charge in [0.05, 0.1) is 5.02 Å². The molecule has 1 aliphatic rings. The highest BCUT2D eigenvalue weighted by Crippen LogP contribution is 2.27. The summed E-state index contributed by atoms with van der Waals surface area (Å²) in [5.41, 5.74) is 2.06. The number of carbonyl (C=O) groups is 2. The molecule has 1 aliphatic heterocycles. The van der Waals surface area contributed by atoms with Gasteiger partial charge < -0.3 is 10.2 Å². The average Bonchev–Trinajstić information content (AvgIpc) is 2.94. The predicted molar refractivity (Wildman–Crippen MR) is 82.5 cm³/mol. The number of benzene rings is 2. The van der Waals surface area contributed by atoms with Gasteiger partial charge in [0.15, 0.2) is 0 Å². The van der Waals surface area contributed by atoms with Crippen LogP contribution in [0.2, 0.25) is 5.02 Å². The zero-order valence-corrected chi connectivity index (χ0v) is 12.2. The van der Waals surface area contributed by atoms with Crippen LogP contribution in [-0.2, 0) is 16.0 Å². The van der Waals surface area contributed by atoms with Gasteiger partial charge >= 0.3 is 11.8 Å². The van der Waals surface area contributed by atoms with Crippen LogP contribution in [0.4, 0.5) is 15.8 Å². The van der Waals surface area contributed by atoms with E-state index in [-0.39, 0.29) is 10.7 Å². The molecule has 112 valence electrons. The second-order valence-electron chi connectivity index (χ2n) is 4.92. The topological polar surface area (TPSA) is 49.4 Å². The van der Waals surface area contributed by atoms with Gasteiger partial charge in [-0.1, -0.05) is 29.8 Å². The summed E-state index contributed by atoms with van der Waals surface area (Å²) in [4.78, 5) is 25.8. The third kappa shape index (κ3) is 2.67. The van der Waals surface area contributed by atoms with E-state index < -0.39 is 17.6 Å². The first-order valence-corrected chi connectivity index (χ1v) is 7.10. The molecule has 2 amide bonds. The molecule has 0 atom stereocenters. The summed E-state index contributed by atoms with van der Waals surface area (Å²) in [6, 6.07) is 11.2. The lowest BCUT2D eigenvalue weighted by Crippen LogP contribution is -2.38. The standard InChI is InChI=1S/C16H12ClFN2O2/c17-12-9-11(5-6-13(12)18)19-15(21)16(22)20-8-7-10-3-1-2-4-14(10)20/h1-6,9H,7-8H2,(H,19,21). The summed E-state index contributed by atoms with van der Waals surface area (Å²) in [6.07, 6.45) is 0.720. The number of carbonyl (C=O) groups excluding carboxylic acids is 2. The molecule has 0 saturated carbocycles. The average molecular weight is 319 g/mol. The highest BCUT2D eigenvalue weighted by molar-refractivity contribution is 6.44. The maximum Gasteiger partial charge on any atom is 0.316 e. The van der Waals surface area contributed by atoms with Crippen LogP contribution in [0.15, 0.2) is 42.5 Å². The molecule has 4 nitrogen and oxygen atoms in total. The van der Waals surface area contributed by atoms with Gasteiger partial charge in [-0.15, -0.1) is 0 Å². The number of anilines is 2. The van der Waals surface area contributed by atoms with Gasteiger partial charge in [-0.3, -0.25) is 9.59 Å². The number of amides is 2. The molecule has 0 aliphatic carbocycles. The Morgan fingerprint density at radius 1 is 1.18 bits per heavy atom. The number of hydrogen-bond donors (Lipinski definition) is 1. The van der Waals surface area contributed by atoms with E-state index in [0.717, 1.165) is 23.7 Å². The van der Waals surface area contributed by atoms with E-state index in [4.69, 9.17) is 11.6 Å². The van der Waals surface area contributed by atoms with Crippen LogP contribution in [-0.4, -0.2) is 18.4 Å². The quantitative estimate of drug-likeness (QED) is 0.822. The van der Waals surface area contributed by atoms with Gasteiger partial charge in [0.2, 0.25) is 0 Å². The number of para-hydroxylation sites is 1. The van der Waals surface area contributed by atoms with E-state index in [2.05, 4.69) is 5.32 Å². The van der Waals surface area contributed by atoms with E-state index in [1.54, 1.807) is 0 Å². The van der Waals surface area contributed by atoms with Gasteiger partial charge in [0.1, 0.15) is 5.82 Å². The summed E-state index contributed by atoms with van der Waals surface area (Å²) in [5, 5.41) is 2.32. The number of nitrogens with one attached hydrogen (secondary N) is 1. The van der Waals surface area contributed by atoms with Crippen molar-refractivity contribution in [2.45, 2.75) is 6.42 Å². The monoisotopic (exact) mass is 318 g/mol. The molecule has 0 unspecified atom stereocenters. The molecule has 0 bridgehead atoms. The molecule has 6 heteroatoms. The molecule has 0 saturated heterocycles. The summed E-state index contributed by atoms with van der Waals surface area (Å²) in [5.74, 6) is -2.01. The minimum absolute atomic E-state index is 0.114. The molecule has 2 aromatic rings. The summed E-state index contributed by atoms with van der Waals surface area (Å²) in [7, 11) is 0. The molecule has 22 heavy (non-hydrogen) atoms. The van der Waals surface area contributed by atoms with Crippen molar-refractivity contribution < 1.29 is 14.0 Å². The van der Waals surface area contributed by atoms with Crippen LogP contribution in [0, 0.1) is 5.82 Å². The van der Waals surface area contributed by atoms with Crippen LogP contribution in [0.3, 0.4) is 0 Å². The number of halogens is 2. The molecular formula is C16H12ClFN2O2. The maximum absolute atomic E-state index is 13.1. The van der Waals surface area contributed by atoms with Crippen molar-refractivity contribution in [3.63, 3.8) is 0 Å². The van der Waals surface area contributed by atoms with Crippen LogP contribution < -0.4 is 10.2 Å². The third-order valence-corrected chi connectivity index (χ3v) is 3.79. The van der Waals surface area contributed by atoms with Crippen molar-refractivity contribution in [2.75, 3.05) is 16.8 Å². The first kappa shape index (κ1) is 14.5. The third-order valence-electron chi connectivity index (χ3n) is 3.50. The van der Waals surface area contributed by atoms with E-state index >= 15 is 0 Å². The summed E-state index contributed by atoms with van der Waals surface area (Å²) < 4.78 is 13.1. The molecule has 0 spiro atoms. The van der Waals surface area contributed by atoms with E-state index in [9.17, 15) is 14.0 Å². The van der Waals surface area contributed by atoms with Gasteiger partial charge in [0.25, 0.3) is 0 Å². The summed E-state index contributed by atoms with van der Waals surface area (Å²) >= 11 is 5.65. The minimum Gasteiger partial charge on any atom is -0.318 e. The predicted octanol–water partition coefficient (Wildman–Crippen LogP) is 3.01. The van der Waals surface area contributed by atoms with Crippen molar-refractivity contribution in [2.24, 2.45) is 0 Å². The zero-order chi connectivity index (χ0) is 15.7. The summed E-state index contributed by atoms with van der Waals surface area (Å²) in [6.45, 7) is 0.468. The Kier molecular flexibility index (Phi) is 3.81. The second kappa shape index (κ2) is 5.77. The Hall–Kier alpha value is -2.40. The number of fused-ring (bicyclic) bond motifs is 1. The second-order valence-corrected chi connectivity index (χ2v) is 5.33. The van der Waals surface area contributed by atoms with Crippen LogP contribution in [0.1, 0.15) is 5.56 Å². The van der Waals surface area contributed by atoms with Gasteiger partial charge in [-0.2, -0.15) is 0 Å². The Morgan fingerprint density at radius 2 is 1.95 bits per heavy atom. The molecule has 1 heterocycles. The lowest BCUT2D eigenvalue weighted by molar-refractivity contribution is -0.134. The van der Waals surface area contributed by atoms with E-state index in [1.807, 2.05) is 24.3 Å². The fourth-order valence-electron chi connectivity index (χ4n) is 2.43. The first-order chi connectivity index (χ1) is 10.6. The lowest BCUT2D eigenvalue weighted by Gasteiger charge is -2.16. The van der Waals surface area contributed by atoms with Crippen molar-refractivity contribution in [1.29, 1.82) is 0 Å². The van der Waals surface area contributed by atoms with E-state index in [0.29, 0.717) is 6.54 Å². The van der Waals surface area contributed by atoms with Crippen molar-refractivity contribution >= 4 is 34.8 Å². The fourth-order valence-corrected chi connectivity index (χ4v) is 2.61. The highest BCUT2D eigenvalue weighted by Gasteiger charge is 2.28. The Bertz CT molecular complexity index is 764. The van der Waals surface area contributed by atoms with Gasteiger partial charge in [0, 0.05) is 17.9 Å². The van der Waals surface area contributed by atoms with Crippen molar-refractivity contribution in [3.8, 4) is 0 Å². The molecule has 1 N–H and O–H groups in total. The molecule has 0 fully saturated rings. The van der Waals surface area contributed by atoms with E-state index in [1.165, 1.54) is 17.0 Å². The van der Waals surface area contributed by atoms with Crippen LogP contribution in [0.25, 0.3) is 0 Å². The minimum atomic E-state index is -0.778.